The van der Waals surface area contributed by atoms with E-state index >= 15 is 0 Å². The second-order valence-electron chi connectivity index (χ2n) is 7.21. The number of hydrogen-bond acceptors (Lipinski definition) is 6. The van der Waals surface area contributed by atoms with E-state index in [9.17, 15) is 14.7 Å². The largest absolute Gasteiger partial charge is 0.493 e. The molecule has 31 heavy (non-hydrogen) atoms. The Morgan fingerprint density at radius 3 is 2.74 bits per heavy atom. The van der Waals surface area contributed by atoms with E-state index in [0.717, 1.165) is 16.8 Å². The number of amides is 1. The number of nitrogens with one attached hydrogen (secondary N) is 1. The van der Waals surface area contributed by atoms with Crippen LogP contribution < -0.4 is 11.0 Å². The van der Waals surface area contributed by atoms with Crippen molar-refractivity contribution in [2.75, 3.05) is 7.05 Å². The Morgan fingerprint density at radius 2 is 2.03 bits per heavy atom. The van der Waals surface area contributed by atoms with Gasteiger partial charge in [0.1, 0.15) is 5.76 Å². The lowest BCUT2D eigenvalue weighted by Crippen LogP contribution is -2.23. The topological polar surface area (TPSA) is 120 Å². The molecule has 0 unspecified atom stereocenters. The molecule has 4 aromatic rings. The molecule has 0 aliphatic heterocycles. The lowest BCUT2D eigenvalue weighted by Gasteiger charge is -2.05. The predicted octanol–water partition coefficient (Wildman–Crippen LogP) is 1.60. The predicted molar refractivity (Wildman–Crippen MR) is 111 cm³/mol. The summed E-state index contributed by atoms with van der Waals surface area (Å²) in [6, 6.07) is 6.97. The Morgan fingerprint density at radius 1 is 1.23 bits per heavy atom. The first kappa shape index (κ1) is 20.2. The fraction of sp³-hybridized carbons (Fsp3) is 0.238. The van der Waals surface area contributed by atoms with Crippen LogP contribution in [-0.2, 0) is 13.1 Å². The van der Waals surface area contributed by atoms with Crippen LogP contribution in [0, 0.1) is 13.8 Å². The van der Waals surface area contributed by atoms with Crippen molar-refractivity contribution in [3.63, 3.8) is 0 Å². The Balaban J connectivity index is 1.60. The molecule has 1 amide bonds. The molecule has 0 atom stereocenters. The summed E-state index contributed by atoms with van der Waals surface area (Å²) in [6.07, 6.45) is 4.54. The maximum Gasteiger partial charge on any atom is 0.336 e. The van der Waals surface area contributed by atoms with Crippen LogP contribution in [0.4, 0.5) is 0 Å². The average Bonchev–Trinajstić information content (AvgIpc) is 3.42. The minimum absolute atomic E-state index is 0.204. The van der Waals surface area contributed by atoms with Crippen molar-refractivity contribution in [3.05, 3.63) is 81.5 Å². The van der Waals surface area contributed by atoms with Crippen LogP contribution in [0.5, 0.6) is 5.88 Å². The highest BCUT2D eigenvalue weighted by molar-refractivity contribution is 5.94. The quantitative estimate of drug-likeness (QED) is 0.487. The highest BCUT2D eigenvalue weighted by Crippen LogP contribution is 2.18. The zero-order valence-corrected chi connectivity index (χ0v) is 17.4. The third kappa shape index (κ3) is 3.87. The fourth-order valence-electron chi connectivity index (χ4n) is 3.43. The first-order valence-electron chi connectivity index (χ1n) is 9.64. The average molecular weight is 422 g/mol. The highest BCUT2D eigenvalue weighted by Gasteiger charge is 2.16. The number of hydrogen-bond donors (Lipinski definition) is 2. The summed E-state index contributed by atoms with van der Waals surface area (Å²) >= 11 is 0. The molecule has 0 saturated carbocycles. The molecular weight excluding hydrogens is 400 g/mol. The Bertz CT molecular complexity index is 1290. The lowest BCUT2D eigenvalue weighted by atomic mass is 10.1. The molecule has 2 N–H and O–H groups in total. The monoisotopic (exact) mass is 422 g/mol. The molecule has 4 rings (SSSR count). The van der Waals surface area contributed by atoms with Gasteiger partial charge in [-0.05, 0) is 31.5 Å². The molecule has 3 aromatic heterocycles. The molecule has 0 aliphatic rings. The molecule has 160 valence electrons. The zero-order valence-electron chi connectivity index (χ0n) is 17.4. The maximum absolute atomic E-state index is 12.9. The Labute approximate surface area is 177 Å². The van der Waals surface area contributed by atoms with Gasteiger partial charge in [-0.1, -0.05) is 17.3 Å². The van der Waals surface area contributed by atoms with Crippen LogP contribution in [0.25, 0.3) is 5.69 Å². The zero-order chi connectivity index (χ0) is 22.1. The SMILES string of the molecule is CNC(=O)c1cccc(Cn2cc(O)n(-c3cnn(Cc4c(C)noc4C)c3)c2=O)c1. The molecule has 0 bridgehead atoms. The van der Waals surface area contributed by atoms with Gasteiger partial charge in [0.25, 0.3) is 5.91 Å². The Kier molecular flexibility index (Phi) is 5.20. The van der Waals surface area contributed by atoms with E-state index < -0.39 is 5.69 Å². The van der Waals surface area contributed by atoms with E-state index in [4.69, 9.17) is 4.52 Å². The summed E-state index contributed by atoms with van der Waals surface area (Å²) in [4.78, 5) is 24.8. The van der Waals surface area contributed by atoms with Crippen molar-refractivity contribution in [1.29, 1.82) is 0 Å². The summed E-state index contributed by atoms with van der Waals surface area (Å²) in [5.41, 5.74) is 2.97. The van der Waals surface area contributed by atoms with Gasteiger partial charge in [-0.15, -0.1) is 0 Å². The molecule has 0 radical (unpaired) electrons. The van der Waals surface area contributed by atoms with E-state index in [1.165, 1.54) is 21.5 Å². The molecule has 0 spiro atoms. The number of nitrogens with zero attached hydrogens (tertiary/aromatic N) is 5. The van der Waals surface area contributed by atoms with E-state index in [0.29, 0.717) is 23.6 Å². The first-order chi connectivity index (χ1) is 14.9. The minimum atomic E-state index is -0.417. The number of carbonyl (C=O) groups excluding carboxylic acids is 1. The summed E-state index contributed by atoms with van der Waals surface area (Å²) in [5, 5.41) is 21.2. The molecule has 0 fully saturated rings. The minimum Gasteiger partial charge on any atom is -0.493 e. The van der Waals surface area contributed by atoms with Crippen molar-refractivity contribution in [2.24, 2.45) is 0 Å². The van der Waals surface area contributed by atoms with Crippen LogP contribution in [0.2, 0.25) is 0 Å². The number of rotatable bonds is 6. The van der Waals surface area contributed by atoms with Gasteiger partial charge in [0, 0.05) is 24.4 Å². The summed E-state index contributed by atoms with van der Waals surface area (Å²) in [6.45, 7) is 4.32. The lowest BCUT2D eigenvalue weighted by molar-refractivity contribution is 0.0963. The van der Waals surface area contributed by atoms with Gasteiger partial charge in [-0.25, -0.2) is 9.36 Å². The van der Waals surface area contributed by atoms with Gasteiger partial charge in [0.2, 0.25) is 5.88 Å². The van der Waals surface area contributed by atoms with Crippen LogP contribution in [-0.4, -0.2) is 42.1 Å². The molecule has 10 nitrogen and oxygen atoms in total. The van der Waals surface area contributed by atoms with Gasteiger partial charge in [-0.2, -0.15) is 5.10 Å². The van der Waals surface area contributed by atoms with Crippen LogP contribution >= 0.6 is 0 Å². The third-order valence-electron chi connectivity index (χ3n) is 5.09. The summed E-state index contributed by atoms with van der Waals surface area (Å²) < 4.78 is 9.38. The third-order valence-corrected chi connectivity index (χ3v) is 5.09. The first-order valence-corrected chi connectivity index (χ1v) is 9.64. The fourth-order valence-corrected chi connectivity index (χ4v) is 3.43. The molecule has 3 heterocycles. The molecule has 0 saturated heterocycles. The second-order valence-corrected chi connectivity index (χ2v) is 7.21. The van der Waals surface area contributed by atoms with E-state index in [-0.39, 0.29) is 18.3 Å². The number of imidazole rings is 1. The van der Waals surface area contributed by atoms with Crippen molar-refractivity contribution in [2.45, 2.75) is 26.9 Å². The number of aromatic nitrogens is 5. The molecule has 0 aliphatic carbocycles. The van der Waals surface area contributed by atoms with Gasteiger partial charge < -0.3 is 14.9 Å². The summed E-state index contributed by atoms with van der Waals surface area (Å²) in [7, 11) is 1.56. The highest BCUT2D eigenvalue weighted by atomic mass is 16.5. The number of carbonyl (C=O) groups is 1. The smallest absolute Gasteiger partial charge is 0.336 e. The van der Waals surface area contributed by atoms with Gasteiger partial charge >= 0.3 is 5.69 Å². The van der Waals surface area contributed by atoms with Crippen molar-refractivity contribution < 1.29 is 14.4 Å². The van der Waals surface area contributed by atoms with Crippen molar-refractivity contribution in [3.8, 4) is 11.6 Å². The summed E-state index contributed by atoms with van der Waals surface area (Å²) in [5.74, 6) is 0.296. The van der Waals surface area contributed by atoms with Gasteiger partial charge in [-0.3, -0.25) is 14.0 Å². The molecule has 1 aromatic carbocycles. The number of benzene rings is 1. The maximum atomic E-state index is 12.9. The molecule has 10 heteroatoms. The van der Waals surface area contributed by atoms with Crippen LogP contribution in [0.1, 0.15) is 32.9 Å². The van der Waals surface area contributed by atoms with E-state index in [1.54, 1.807) is 36.1 Å². The van der Waals surface area contributed by atoms with Crippen LogP contribution in [0.3, 0.4) is 0 Å². The Hall–Kier alpha value is -4.08. The van der Waals surface area contributed by atoms with E-state index in [2.05, 4.69) is 15.6 Å². The van der Waals surface area contributed by atoms with Gasteiger partial charge in [0.05, 0.1) is 36.9 Å². The normalized spacial score (nSPS) is 11.1. The van der Waals surface area contributed by atoms with Gasteiger partial charge in [0.15, 0.2) is 0 Å². The standard InChI is InChI=1S/C21H22N6O4/c1-13-18(14(2)31-24-13)11-26-10-17(8-23-26)27-19(28)12-25(21(27)30)9-15-5-4-6-16(7-15)20(29)22-3/h4-8,10,12,28H,9,11H2,1-3H3,(H,22,29). The number of aryl methyl sites for hydroxylation is 2. The molecular formula is C21H22N6O4. The van der Waals surface area contributed by atoms with Crippen molar-refractivity contribution in [1.82, 2.24) is 29.4 Å². The van der Waals surface area contributed by atoms with Crippen molar-refractivity contribution >= 4 is 5.91 Å². The van der Waals surface area contributed by atoms with Crippen LogP contribution in [0.15, 0.2) is 52.2 Å². The number of aromatic hydroxyl groups is 1. The second kappa shape index (κ2) is 7.98. The van der Waals surface area contributed by atoms with E-state index in [1.807, 2.05) is 19.9 Å².